The fourth-order valence-corrected chi connectivity index (χ4v) is 2.78. The Labute approximate surface area is 120 Å². The number of nitrogens with two attached hydrogens (primary N) is 1. The lowest BCUT2D eigenvalue weighted by Gasteiger charge is -2.18. The Morgan fingerprint density at radius 3 is 2.58 bits per heavy atom. The molecule has 1 saturated carbocycles. The van der Waals surface area contributed by atoms with E-state index in [0.717, 1.165) is 29.2 Å². The van der Waals surface area contributed by atoms with E-state index in [0.29, 0.717) is 10.4 Å². The molecule has 0 radical (unpaired) electrons. The third kappa shape index (κ3) is 3.03. The van der Waals surface area contributed by atoms with E-state index >= 15 is 0 Å². The summed E-state index contributed by atoms with van der Waals surface area (Å²) < 4.78 is 0. The highest BCUT2D eigenvalue weighted by Gasteiger charge is 2.41. The van der Waals surface area contributed by atoms with Crippen LogP contribution < -0.4 is 11.1 Å². The quantitative estimate of drug-likeness (QED) is 0.783. The van der Waals surface area contributed by atoms with Gasteiger partial charge in [-0.25, -0.2) is 0 Å². The van der Waals surface area contributed by atoms with Crippen molar-refractivity contribution in [3.05, 3.63) is 16.8 Å². The van der Waals surface area contributed by atoms with Crippen LogP contribution in [0.25, 0.3) is 0 Å². The summed E-state index contributed by atoms with van der Waals surface area (Å²) >= 11 is 5.14. The lowest BCUT2D eigenvalue weighted by molar-refractivity contribution is 0.485. The number of nitrogens with zero attached hydrogens (tertiary/aromatic N) is 2. The predicted molar refractivity (Wildman–Crippen MR) is 82.5 cm³/mol. The maximum atomic E-state index is 5.82. The Bertz CT molecular complexity index is 494. The Morgan fingerprint density at radius 2 is 2.05 bits per heavy atom. The van der Waals surface area contributed by atoms with Crippen molar-refractivity contribution in [3.63, 3.8) is 0 Å². The Kier molecular flexibility index (Phi) is 4.04. The first-order chi connectivity index (χ1) is 8.99. The first-order valence-corrected chi connectivity index (χ1v) is 7.27. The van der Waals surface area contributed by atoms with Crippen molar-refractivity contribution >= 4 is 23.0 Å². The summed E-state index contributed by atoms with van der Waals surface area (Å²) in [6, 6.07) is 0. The minimum absolute atomic E-state index is 0.387. The molecule has 0 aliphatic heterocycles. The number of aromatic nitrogens is 2. The van der Waals surface area contributed by atoms with E-state index in [1.54, 1.807) is 0 Å². The van der Waals surface area contributed by atoms with Crippen molar-refractivity contribution in [1.29, 1.82) is 0 Å². The third-order valence-electron chi connectivity index (χ3n) is 4.07. The van der Waals surface area contributed by atoms with Crippen LogP contribution in [0.1, 0.15) is 49.4 Å². The molecule has 0 atom stereocenters. The molecule has 0 aromatic carbocycles. The van der Waals surface area contributed by atoms with Crippen molar-refractivity contribution in [2.24, 2.45) is 11.1 Å². The molecule has 0 spiro atoms. The highest BCUT2D eigenvalue weighted by Crippen LogP contribution is 2.49. The molecule has 0 bridgehead atoms. The van der Waals surface area contributed by atoms with Crippen molar-refractivity contribution in [2.45, 2.75) is 46.5 Å². The summed E-state index contributed by atoms with van der Waals surface area (Å²) in [5, 5.41) is 11.8. The molecule has 4 nitrogen and oxygen atoms in total. The zero-order valence-electron chi connectivity index (χ0n) is 11.9. The highest BCUT2D eigenvalue weighted by atomic mass is 32.1. The minimum Gasteiger partial charge on any atom is -0.389 e. The van der Waals surface area contributed by atoms with Crippen LogP contribution in [0.4, 0.5) is 5.82 Å². The zero-order chi connectivity index (χ0) is 14.0. The second-order valence-electron chi connectivity index (χ2n) is 5.60. The summed E-state index contributed by atoms with van der Waals surface area (Å²) in [7, 11) is 0. The van der Waals surface area contributed by atoms with E-state index in [9.17, 15) is 0 Å². The molecule has 1 aliphatic carbocycles. The van der Waals surface area contributed by atoms with Gasteiger partial charge in [-0.3, -0.25) is 0 Å². The average Bonchev–Trinajstić information content (AvgIpc) is 3.11. The van der Waals surface area contributed by atoms with Gasteiger partial charge in [-0.15, -0.1) is 5.10 Å². The second-order valence-corrected chi connectivity index (χ2v) is 6.04. The average molecular weight is 278 g/mol. The second kappa shape index (κ2) is 5.41. The maximum Gasteiger partial charge on any atom is 0.159 e. The first-order valence-electron chi connectivity index (χ1n) is 6.86. The van der Waals surface area contributed by atoms with Gasteiger partial charge in [0.05, 0.1) is 11.3 Å². The molecule has 2 rings (SSSR count). The molecule has 3 N–H and O–H groups in total. The lowest BCUT2D eigenvalue weighted by atomic mass is 10.0. The third-order valence-corrected chi connectivity index (χ3v) is 4.27. The molecule has 1 aromatic rings. The predicted octanol–water partition coefficient (Wildman–Crippen LogP) is 2.72. The first kappa shape index (κ1) is 14.2. The molecule has 1 heterocycles. The lowest BCUT2D eigenvalue weighted by Crippen LogP contribution is -2.22. The molecule has 0 saturated heterocycles. The van der Waals surface area contributed by atoms with Crippen LogP contribution in [0.5, 0.6) is 0 Å². The Balaban J connectivity index is 2.16. The standard InChI is InChI=1S/C14H22N4S/c1-4-5-14(6-7-14)8-16-13-11(12(15)19)9(2)10(3)17-18-13/h4-8H2,1-3H3,(H2,15,19)(H,16,18). The van der Waals surface area contributed by atoms with Gasteiger partial charge in [0.15, 0.2) is 5.82 Å². The van der Waals surface area contributed by atoms with Crippen LogP contribution in [-0.4, -0.2) is 21.7 Å². The summed E-state index contributed by atoms with van der Waals surface area (Å²) in [5.41, 5.74) is 9.02. The highest BCUT2D eigenvalue weighted by molar-refractivity contribution is 7.80. The van der Waals surface area contributed by atoms with Crippen LogP contribution >= 0.6 is 12.2 Å². The van der Waals surface area contributed by atoms with Gasteiger partial charge < -0.3 is 11.1 Å². The topological polar surface area (TPSA) is 63.8 Å². The fraction of sp³-hybridized carbons (Fsp3) is 0.643. The molecule has 0 amide bonds. The monoisotopic (exact) mass is 278 g/mol. The summed E-state index contributed by atoms with van der Waals surface area (Å²) in [6.07, 6.45) is 5.09. The van der Waals surface area contributed by atoms with E-state index in [2.05, 4.69) is 22.4 Å². The number of nitrogens with one attached hydrogen (secondary N) is 1. The molecule has 1 fully saturated rings. The van der Waals surface area contributed by atoms with Crippen molar-refractivity contribution in [1.82, 2.24) is 10.2 Å². The number of aryl methyl sites for hydroxylation is 1. The van der Waals surface area contributed by atoms with Gasteiger partial charge in [-0.05, 0) is 44.1 Å². The smallest absolute Gasteiger partial charge is 0.159 e. The number of anilines is 1. The maximum absolute atomic E-state index is 5.82. The molecular weight excluding hydrogens is 256 g/mol. The van der Waals surface area contributed by atoms with E-state index in [-0.39, 0.29) is 0 Å². The molecule has 19 heavy (non-hydrogen) atoms. The van der Waals surface area contributed by atoms with Gasteiger partial charge in [-0.2, -0.15) is 5.10 Å². The largest absolute Gasteiger partial charge is 0.389 e. The summed E-state index contributed by atoms with van der Waals surface area (Å²) in [4.78, 5) is 0.387. The van der Waals surface area contributed by atoms with Gasteiger partial charge >= 0.3 is 0 Å². The van der Waals surface area contributed by atoms with Crippen molar-refractivity contribution in [3.8, 4) is 0 Å². The summed E-state index contributed by atoms with van der Waals surface area (Å²) in [5.74, 6) is 0.734. The number of thiocarbonyl (C=S) groups is 1. The number of rotatable bonds is 6. The van der Waals surface area contributed by atoms with Crippen LogP contribution in [-0.2, 0) is 0 Å². The van der Waals surface area contributed by atoms with Crippen molar-refractivity contribution < 1.29 is 0 Å². The van der Waals surface area contributed by atoms with Crippen LogP contribution in [0.3, 0.4) is 0 Å². The molecule has 0 unspecified atom stereocenters. The molecular formula is C14H22N4S. The van der Waals surface area contributed by atoms with E-state index in [1.807, 2.05) is 13.8 Å². The summed E-state index contributed by atoms with van der Waals surface area (Å²) in [6.45, 7) is 7.08. The van der Waals surface area contributed by atoms with Crippen LogP contribution in [0, 0.1) is 19.3 Å². The normalized spacial score (nSPS) is 16.2. The van der Waals surface area contributed by atoms with Crippen LogP contribution in [0.2, 0.25) is 0 Å². The van der Waals surface area contributed by atoms with Crippen molar-refractivity contribution in [2.75, 3.05) is 11.9 Å². The number of hydrogen-bond acceptors (Lipinski definition) is 4. The van der Waals surface area contributed by atoms with Gasteiger partial charge in [-0.1, -0.05) is 25.6 Å². The number of hydrogen-bond donors (Lipinski definition) is 2. The Hall–Kier alpha value is -1.23. The van der Waals surface area contributed by atoms with Gasteiger partial charge in [0.25, 0.3) is 0 Å². The van der Waals surface area contributed by atoms with Gasteiger partial charge in [0.1, 0.15) is 4.99 Å². The van der Waals surface area contributed by atoms with Crippen LogP contribution in [0.15, 0.2) is 0 Å². The van der Waals surface area contributed by atoms with E-state index in [1.165, 1.54) is 25.7 Å². The molecule has 5 heteroatoms. The van der Waals surface area contributed by atoms with Gasteiger partial charge in [0.2, 0.25) is 0 Å². The van der Waals surface area contributed by atoms with E-state index in [4.69, 9.17) is 18.0 Å². The van der Waals surface area contributed by atoms with Gasteiger partial charge in [0, 0.05) is 6.54 Å². The SMILES string of the molecule is CCCC1(CNc2nnc(C)c(C)c2C(N)=S)CC1. The molecule has 104 valence electrons. The zero-order valence-corrected chi connectivity index (χ0v) is 12.7. The van der Waals surface area contributed by atoms with E-state index < -0.39 is 0 Å². The molecule has 1 aromatic heterocycles. The molecule has 1 aliphatic rings. The fourth-order valence-electron chi connectivity index (χ4n) is 2.53. The Morgan fingerprint density at radius 1 is 1.37 bits per heavy atom. The minimum atomic E-state index is 0.387.